The van der Waals surface area contributed by atoms with Crippen LogP contribution in [0.15, 0.2) is 12.3 Å². The smallest absolute Gasteiger partial charge is 0.337 e. The van der Waals surface area contributed by atoms with Crippen LogP contribution in [0.2, 0.25) is 5.02 Å². The van der Waals surface area contributed by atoms with Gasteiger partial charge in [-0.05, 0) is 19.4 Å². The number of hydrogen-bond acceptors (Lipinski definition) is 4. The first-order valence-corrected chi connectivity index (χ1v) is 5.72. The van der Waals surface area contributed by atoms with Gasteiger partial charge in [0.1, 0.15) is 5.82 Å². The Hall–Kier alpha value is -1.33. The van der Waals surface area contributed by atoms with E-state index in [1.165, 1.54) is 12.3 Å². The monoisotopic (exact) mass is 258 g/mol. The van der Waals surface area contributed by atoms with Crippen LogP contribution in [-0.2, 0) is 0 Å². The molecule has 0 aliphatic heterocycles. The Balaban J connectivity index is 2.96. The lowest BCUT2D eigenvalue weighted by atomic mass is 10.2. The minimum Gasteiger partial charge on any atom is -0.478 e. The summed E-state index contributed by atoms with van der Waals surface area (Å²) in [7, 11) is 0. The van der Waals surface area contributed by atoms with Gasteiger partial charge in [-0.15, -0.1) is 0 Å². The number of aromatic carboxylic acids is 1. The van der Waals surface area contributed by atoms with Gasteiger partial charge in [-0.25, -0.2) is 9.78 Å². The molecule has 0 aliphatic carbocycles. The Kier molecular flexibility index (Phi) is 5.18. The molecule has 5 nitrogen and oxygen atoms in total. The van der Waals surface area contributed by atoms with Gasteiger partial charge in [0.15, 0.2) is 0 Å². The molecule has 0 spiro atoms. The van der Waals surface area contributed by atoms with Crippen molar-refractivity contribution in [2.24, 2.45) is 0 Å². The number of carboxylic acids is 1. The lowest BCUT2D eigenvalue weighted by Crippen LogP contribution is -2.25. The first-order valence-electron chi connectivity index (χ1n) is 5.34. The maximum atomic E-state index is 10.9. The topological polar surface area (TPSA) is 73.7 Å². The van der Waals surface area contributed by atoms with E-state index in [-0.39, 0.29) is 17.2 Å². The van der Waals surface area contributed by atoms with Crippen molar-refractivity contribution in [2.75, 3.05) is 24.6 Å². The average molecular weight is 259 g/mol. The molecule has 0 aromatic carbocycles. The fourth-order valence-electron chi connectivity index (χ4n) is 1.46. The van der Waals surface area contributed by atoms with Crippen LogP contribution in [0.4, 0.5) is 5.82 Å². The molecule has 6 heteroatoms. The van der Waals surface area contributed by atoms with Gasteiger partial charge in [-0.3, -0.25) is 0 Å². The highest BCUT2D eigenvalue weighted by Gasteiger charge is 2.13. The molecule has 0 aliphatic rings. The third-order valence-corrected chi connectivity index (χ3v) is 2.66. The Morgan fingerprint density at radius 3 is 2.82 bits per heavy atom. The van der Waals surface area contributed by atoms with Crippen molar-refractivity contribution >= 4 is 23.4 Å². The van der Waals surface area contributed by atoms with E-state index in [0.29, 0.717) is 25.3 Å². The summed E-state index contributed by atoms with van der Waals surface area (Å²) in [6.45, 7) is 3.35. The molecular weight excluding hydrogens is 244 g/mol. The van der Waals surface area contributed by atoms with E-state index in [4.69, 9.17) is 21.8 Å². The highest BCUT2D eigenvalue weighted by molar-refractivity contribution is 6.33. The Labute approximate surface area is 105 Å². The van der Waals surface area contributed by atoms with Gasteiger partial charge in [0.25, 0.3) is 0 Å². The Morgan fingerprint density at radius 2 is 2.29 bits per heavy atom. The largest absolute Gasteiger partial charge is 0.478 e. The van der Waals surface area contributed by atoms with E-state index in [1.807, 2.05) is 11.8 Å². The number of nitrogens with zero attached hydrogens (tertiary/aromatic N) is 2. The predicted molar refractivity (Wildman–Crippen MR) is 65.8 cm³/mol. The first kappa shape index (κ1) is 13.7. The molecule has 1 aromatic rings. The van der Waals surface area contributed by atoms with Crippen LogP contribution in [0, 0.1) is 0 Å². The Morgan fingerprint density at radius 1 is 1.59 bits per heavy atom. The number of halogens is 1. The summed E-state index contributed by atoms with van der Waals surface area (Å²) in [4.78, 5) is 16.9. The Bertz CT molecular complexity index is 398. The fourth-order valence-corrected chi connectivity index (χ4v) is 1.64. The van der Waals surface area contributed by atoms with Crippen LogP contribution in [0.5, 0.6) is 0 Å². The van der Waals surface area contributed by atoms with Crippen molar-refractivity contribution in [2.45, 2.75) is 13.3 Å². The minimum atomic E-state index is -1.07. The van der Waals surface area contributed by atoms with Crippen molar-refractivity contribution in [3.05, 3.63) is 22.8 Å². The molecule has 0 radical (unpaired) electrons. The molecule has 1 aromatic heterocycles. The normalized spacial score (nSPS) is 10.3. The predicted octanol–water partition coefficient (Wildman–Crippen LogP) is 1.64. The summed E-state index contributed by atoms with van der Waals surface area (Å²) < 4.78 is 0. The quantitative estimate of drug-likeness (QED) is 0.812. The SMILES string of the molecule is CCN(CCCO)c1cc(C(=O)O)c(Cl)cn1. The molecule has 0 bridgehead atoms. The van der Waals surface area contributed by atoms with E-state index >= 15 is 0 Å². The van der Waals surface area contributed by atoms with E-state index < -0.39 is 5.97 Å². The second kappa shape index (κ2) is 6.42. The fraction of sp³-hybridized carbons (Fsp3) is 0.455. The molecule has 2 N–H and O–H groups in total. The van der Waals surface area contributed by atoms with Gasteiger partial charge in [0.05, 0.1) is 10.6 Å². The number of rotatable bonds is 6. The van der Waals surface area contributed by atoms with Crippen LogP contribution < -0.4 is 4.90 Å². The summed E-state index contributed by atoms with van der Waals surface area (Å²) in [5, 5.41) is 17.9. The third kappa shape index (κ3) is 3.57. The molecule has 0 fully saturated rings. The van der Waals surface area contributed by atoms with E-state index in [0.717, 1.165) is 0 Å². The second-order valence-electron chi connectivity index (χ2n) is 3.48. The summed E-state index contributed by atoms with van der Waals surface area (Å²) in [6, 6.07) is 1.45. The average Bonchev–Trinajstić information content (AvgIpc) is 2.31. The van der Waals surface area contributed by atoms with E-state index in [2.05, 4.69) is 4.98 Å². The number of pyridine rings is 1. The van der Waals surface area contributed by atoms with Crippen molar-refractivity contribution < 1.29 is 15.0 Å². The highest BCUT2D eigenvalue weighted by atomic mass is 35.5. The molecule has 1 rings (SSSR count). The molecule has 1 heterocycles. The van der Waals surface area contributed by atoms with Gasteiger partial charge in [-0.1, -0.05) is 11.6 Å². The van der Waals surface area contributed by atoms with Crippen molar-refractivity contribution in [1.29, 1.82) is 0 Å². The van der Waals surface area contributed by atoms with Crippen LogP contribution in [0.1, 0.15) is 23.7 Å². The van der Waals surface area contributed by atoms with Crippen LogP contribution >= 0.6 is 11.6 Å². The van der Waals surface area contributed by atoms with Crippen LogP contribution in [0.25, 0.3) is 0 Å². The van der Waals surface area contributed by atoms with Gasteiger partial charge < -0.3 is 15.1 Å². The standard InChI is InChI=1S/C11H15ClN2O3/c1-2-14(4-3-5-15)10-6-8(11(16)17)9(12)7-13-10/h6-7,15H,2-5H2,1H3,(H,16,17). The molecular formula is C11H15ClN2O3. The zero-order chi connectivity index (χ0) is 12.8. The van der Waals surface area contributed by atoms with Gasteiger partial charge in [0, 0.05) is 25.9 Å². The number of anilines is 1. The highest BCUT2D eigenvalue weighted by Crippen LogP contribution is 2.20. The maximum Gasteiger partial charge on any atom is 0.337 e. The van der Waals surface area contributed by atoms with Gasteiger partial charge in [0.2, 0.25) is 0 Å². The van der Waals surface area contributed by atoms with Gasteiger partial charge >= 0.3 is 5.97 Å². The zero-order valence-electron chi connectivity index (χ0n) is 9.56. The van der Waals surface area contributed by atoms with E-state index in [9.17, 15) is 4.79 Å². The van der Waals surface area contributed by atoms with E-state index in [1.54, 1.807) is 0 Å². The first-order chi connectivity index (χ1) is 8.10. The molecule has 0 atom stereocenters. The summed E-state index contributed by atoms with van der Waals surface area (Å²) in [5.41, 5.74) is 0.0408. The number of hydrogen-bond donors (Lipinski definition) is 2. The number of aromatic nitrogens is 1. The third-order valence-electron chi connectivity index (χ3n) is 2.36. The zero-order valence-corrected chi connectivity index (χ0v) is 10.3. The molecule has 0 saturated carbocycles. The lowest BCUT2D eigenvalue weighted by molar-refractivity contribution is 0.0697. The summed E-state index contributed by atoms with van der Waals surface area (Å²) >= 11 is 5.74. The number of carboxylic acid groups (broad SMARTS) is 1. The van der Waals surface area contributed by atoms with Crippen LogP contribution in [-0.4, -0.2) is 40.9 Å². The molecule has 0 amide bonds. The number of aliphatic hydroxyl groups is 1. The second-order valence-corrected chi connectivity index (χ2v) is 3.89. The maximum absolute atomic E-state index is 10.9. The molecule has 94 valence electrons. The molecule has 17 heavy (non-hydrogen) atoms. The van der Waals surface area contributed by atoms with Crippen LogP contribution in [0.3, 0.4) is 0 Å². The molecule has 0 unspecified atom stereocenters. The number of carbonyl (C=O) groups is 1. The number of aliphatic hydroxyl groups excluding tert-OH is 1. The lowest BCUT2D eigenvalue weighted by Gasteiger charge is -2.21. The minimum absolute atomic E-state index is 0.0408. The van der Waals surface area contributed by atoms with Crippen molar-refractivity contribution in [1.82, 2.24) is 4.98 Å². The van der Waals surface area contributed by atoms with Crippen molar-refractivity contribution in [3.8, 4) is 0 Å². The summed E-state index contributed by atoms with van der Waals surface area (Å²) in [5.74, 6) is -0.514. The summed E-state index contributed by atoms with van der Waals surface area (Å²) in [6.07, 6.45) is 1.95. The molecule has 0 saturated heterocycles. The van der Waals surface area contributed by atoms with Crippen molar-refractivity contribution in [3.63, 3.8) is 0 Å². The van der Waals surface area contributed by atoms with Gasteiger partial charge in [-0.2, -0.15) is 0 Å².